The molecule has 184 valence electrons. The second-order valence-corrected chi connectivity index (χ2v) is 8.47. The number of anilines is 5. The average Bonchev–Trinajstić information content (AvgIpc) is 2.87. The van der Waals surface area contributed by atoms with E-state index in [4.69, 9.17) is 0 Å². The van der Waals surface area contributed by atoms with Crippen molar-refractivity contribution in [1.82, 2.24) is 24.5 Å². The quantitative estimate of drug-likeness (QED) is 0.307. The van der Waals surface area contributed by atoms with E-state index >= 15 is 0 Å². The maximum absolute atomic E-state index is 12.6. The Morgan fingerprint density at radius 2 is 1.57 bits per heavy atom. The average molecular weight is 493 g/mol. The highest BCUT2D eigenvalue weighted by Crippen LogP contribution is 2.21. The maximum atomic E-state index is 12.6. The van der Waals surface area contributed by atoms with Crippen molar-refractivity contribution in [3.05, 3.63) is 101 Å². The molecule has 0 radical (unpaired) electrons. The first kappa shape index (κ1) is 23.6. The highest BCUT2D eigenvalue weighted by Gasteiger charge is 2.09. The summed E-state index contributed by atoms with van der Waals surface area (Å²) in [6.07, 6.45) is 3.13. The molecule has 10 nitrogen and oxygen atoms in total. The Bertz CT molecular complexity index is 1650. The normalized spacial score (nSPS) is 10.8. The number of nitrogens with one attached hydrogen (secondary N) is 3. The fraction of sp³-hybridized carbons (Fsp3) is 0.111. The number of para-hydroxylation sites is 1. The van der Waals surface area contributed by atoms with E-state index in [-0.39, 0.29) is 18.0 Å². The Hall–Kier alpha value is -5.12. The van der Waals surface area contributed by atoms with Crippen LogP contribution in [-0.2, 0) is 11.3 Å². The Morgan fingerprint density at radius 3 is 2.35 bits per heavy atom. The van der Waals surface area contributed by atoms with Gasteiger partial charge in [-0.05, 0) is 67.9 Å². The number of hydrogen-bond donors (Lipinski definition) is 3. The lowest BCUT2D eigenvalue weighted by Gasteiger charge is -2.11. The van der Waals surface area contributed by atoms with E-state index in [9.17, 15) is 9.59 Å². The third-order valence-corrected chi connectivity index (χ3v) is 5.50. The van der Waals surface area contributed by atoms with Crippen molar-refractivity contribution in [1.29, 1.82) is 0 Å². The van der Waals surface area contributed by atoms with E-state index in [0.717, 1.165) is 11.3 Å². The summed E-state index contributed by atoms with van der Waals surface area (Å²) in [7, 11) is 0. The van der Waals surface area contributed by atoms with Gasteiger partial charge in [-0.3, -0.25) is 14.2 Å². The van der Waals surface area contributed by atoms with Crippen LogP contribution in [0, 0.1) is 13.8 Å². The first-order valence-electron chi connectivity index (χ1n) is 11.6. The lowest BCUT2D eigenvalue weighted by Crippen LogP contribution is -2.27. The van der Waals surface area contributed by atoms with Crippen LogP contribution in [0.25, 0.3) is 10.9 Å². The van der Waals surface area contributed by atoms with Crippen molar-refractivity contribution in [2.24, 2.45) is 0 Å². The summed E-state index contributed by atoms with van der Waals surface area (Å²) in [5.74, 6) is 2.21. The minimum absolute atomic E-state index is 0.136. The number of pyridine rings is 1. The lowest BCUT2D eigenvalue weighted by atomic mass is 10.2. The minimum atomic E-state index is -0.327. The number of amides is 1. The van der Waals surface area contributed by atoms with Crippen LogP contribution in [-0.4, -0.2) is 30.4 Å². The van der Waals surface area contributed by atoms with Gasteiger partial charge in [-0.15, -0.1) is 0 Å². The van der Waals surface area contributed by atoms with Gasteiger partial charge in [0, 0.05) is 23.6 Å². The predicted molar refractivity (Wildman–Crippen MR) is 143 cm³/mol. The molecule has 37 heavy (non-hydrogen) atoms. The molecule has 3 heterocycles. The van der Waals surface area contributed by atoms with Crippen molar-refractivity contribution < 1.29 is 4.79 Å². The molecule has 0 aliphatic heterocycles. The van der Waals surface area contributed by atoms with Crippen LogP contribution in [0.4, 0.5) is 28.8 Å². The Balaban J connectivity index is 1.23. The molecule has 5 rings (SSSR count). The molecule has 0 bridgehead atoms. The van der Waals surface area contributed by atoms with E-state index in [1.807, 2.05) is 44.2 Å². The van der Waals surface area contributed by atoms with Crippen LogP contribution in [0.3, 0.4) is 0 Å². The molecule has 0 saturated heterocycles. The van der Waals surface area contributed by atoms with E-state index in [1.54, 1.807) is 42.6 Å². The summed E-state index contributed by atoms with van der Waals surface area (Å²) in [6, 6.07) is 19.9. The van der Waals surface area contributed by atoms with Crippen LogP contribution < -0.4 is 21.5 Å². The number of carbonyl (C=O) groups is 1. The number of aryl methyl sites for hydroxylation is 2. The molecule has 3 N–H and O–H groups in total. The van der Waals surface area contributed by atoms with Crippen LogP contribution in [0.2, 0.25) is 0 Å². The molecule has 2 aromatic carbocycles. The first-order valence-corrected chi connectivity index (χ1v) is 11.6. The van der Waals surface area contributed by atoms with Crippen molar-refractivity contribution in [2.45, 2.75) is 20.4 Å². The summed E-state index contributed by atoms with van der Waals surface area (Å²) in [4.78, 5) is 42.6. The number of aromatic nitrogens is 5. The summed E-state index contributed by atoms with van der Waals surface area (Å²) in [6.45, 7) is 3.68. The molecule has 0 aliphatic rings. The third kappa shape index (κ3) is 5.76. The molecule has 0 fully saturated rings. The Morgan fingerprint density at radius 1 is 0.838 bits per heavy atom. The second kappa shape index (κ2) is 10.2. The summed E-state index contributed by atoms with van der Waals surface area (Å²) >= 11 is 0. The predicted octanol–water partition coefficient (Wildman–Crippen LogP) is 4.32. The van der Waals surface area contributed by atoms with Gasteiger partial charge in [-0.2, -0.15) is 0 Å². The van der Waals surface area contributed by atoms with Gasteiger partial charge in [-0.25, -0.2) is 19.9 Å². The summed E-state index contributed by atoms with van der Waals surface area (Å²) in [5.41, 5.74) is 2.82. The molecule has 1 amide bonds. The molecule has 3 aromatic heterocycles. The molecule has 0 aliphatic carbocycles. The number of benzene rings is 2. The van der Waals surface area contributed by atoms with Gasteiger partial charge in [0.2, 0.25) is 5.91 Å². The molecule has 0 spiro atoms. The number of hydrogen-bond acceptors (Lipinski definition) is 8. The number of fused-ring (bicyclic) bond motifs is 1. The Kier molecular flexibility index (Phi) is 6.54. The molecule has 5 aromatic rings. The molecule has 10 heteroatoms. The minimum Gasteiger partial charge on any atom is -0.340 e. The van der Waals surface area contributed by atoms with Gasteiger partial charge in [-0.1, -0.05) is 12.1 Å². The number of rotatable bonds is 7. The Labute approximate surface area is 212 Å². The molecular weight excluding hydrogens is 468 g/mol. The lowest BCUT2D eigenvalue weighted by molar-refractivity contribution is -0.116. The third-order valence-electron chi connectivity index (χ3n) is 5.50. The van der Waals surface area contributed by atoms with Crippen molar-refractivity contribution in [3.63, 3.8) is 0 Å². The molecular formula is C27H24N8O2. The van der Waals surface area contributed by atoms with Crippen molar-refractivity contribution in [3.8, 4) is 0 Å². The fourth-order valence-electron chi connectivity index (χ4n) is 3.79. The van der Waals surface area contributed by atoms with Gasteiger partial charge in [0.1, 0.15) is 29.8 Å². The van der Waals surface area contributed by atoms with E-state index in [1.165, 1.54) is 10.9 Å². The van der Waals surface area contributed by atoms with Crippen molar-refractivity contribution >= 4 is 45.6 Å². The zero-order valence-corrected chi connectivity index (χ0v) is 20.3. The highest BCUT2D eigenvalue weighted by atomic mass is 16.2. The molecule has 0 atom stereocenters. The molecule has 0 saturated carbocycles. The fourth-order valence-corrected chi connectivity index (χ4v) is 3.79. The van der Waals surface area contributed by atoms with E-state index in [2.05, 4.69) is 35.9 Å². The number of carbonyl (C=O) groups excluding carboxylic acids is 1. The van der Waals surface area contributed by atoms with E-state index < -0.39 is 0 Å². The second-order valence-electron chi connectivity index (χ2n) is 8.47. The highest BCUT2D eigenvalue weighted by molar-refractivity contribution is 5.91. The van der Waals surface area contributed by atoms with Gasteiger partial charge in [0.05, 0.1) is 17.2 Å². The topological polar surface area (TPSA) is 127 Å². The van der Waals surface area contributed by atoms with E-state index in [0.29, 0.717) is 39.9 Å². The largest absolute Gasteiger partial charge is 0.340 e. The summed E-state index contributed by atoms with van der Waals surface area (Å²) < 4.78 is 1.29. The number of nitrogens with zero attached hydrogens (tertiary/aromatic N) is 5. The zero-order valence-electron chi connectivity index (χ0n) is 20.3. The van der Waals surface area contributed by atoms with Crippen molar-refractivity contribution in [2.75, 3.05) is 16.0 Å². The van der Waals surface area contributed by atoms with Gasteiger partial charge < -0.3 is 16.0 Å². The van der Waals surface area contributed by atoms with Gasteiger partial charge in [0.25, 0.3) is 5.56 Å². The van der Waals surface area contributed by atoms with Crippen LogP contribution >= 0.6 is 0 Å². The molecule has 0 unspecified atom stereocenters. The SMILES string of the molecule is Cc1ccnc(Nc2cc(Nc3ccc(NC(=O)Cn4cnc5ccccc5c4=O)cc3)nc(C)n2)c1. The van der Waals surface area contributed by atoms with Crippen LogP contribution in [0.15, 0.2) is 84.0 Å². The van der Waals surface area contributed by atoms with Crippen LogP contribution in [0.5, 0.6) is 0 Å². The maximum Gasteiger partial charge on any atom is 0.261 e. The van der Waals surface area contributed by atoms with Gasteiger partial charge >= 0.3 is 0 Å². The van der Waals surface area contributed by atoms with Gasteiger partial charge in [0.15, 0.2) is 0 Å². The smallest absolute Gasteiger partial charge is 0.261 e. The monoisotopic (exact) mass is 492 g/mol. The zero-order chi connectivity index (χ0) is 25.8. The standard InChI is InChI=1S/C27H24N8O2/c1-17-11-12-28-23(13-17)34-25-14-24(30-18(2)31-25)32-19-7-9-20(10-8-19)33-26(36)15-35-16-29-22-6-4-3-5-21(22)27(35)37/h3-14,16H,15H2,1-2H3,(H,33,36)(H2,28,30,31,32,34). The first-order chi connectivity index (χ1) is 17.9. The summed E-state index contributed by atoms with van der Waals surface area (Å²) in [5, 5.41) is 9.73. The van der Waals surface area contributed by atoms with Crippen LogP contribution in [0.1, 0.15) is 11.4 Å².